The van der Waals surface area contributed by atoms with Gasteiger partial charge in [-0.1, -0.05) is 52.3 Å². The summed E-state index contributed by atoms with van der Waals surface area (Å²) in [5.74, 6) is -1.33. The number of ketones is 1. The van der Waals surface area contributed by atoms with E-state index in [0.29, 0.717) is 5.56 Å². The largest absolute Gasteiger partial charge is 0.341 e. The minimum Gasteiger partial charge on any atom is -0.341 e. The van der Waals surface area contributed by atoms with Gasteiger partial charge in [-0.3, -0.25) is 9.59 Å². The molecule has 4 aromatic rings. The first-order valence-corrected chi connectivity index (χ1v) is 11.7. The van der Waals surface area contributed by atoms with Crippen LogP contribution in [0.4, 0.5) is 4.39 Å². The number of benzene rings is 3. The predicted octanol–water partition coefficient (Wildman–Crippen LogP) is 5.14. The topological polar surface area (TPSA) is 64.0 Å². The second-order valence-electron chi connectivity index (χ2n) is 8.33. The summed E-state index contributed by atoms with van der Waals surface area (Å²) in [5.41, 5.74) is 4.48. The van der Waals surface area contributed by atoms with Crippen LogP contribution < -0.4 is 5.32 Å². The van der Waals surface area contributed by atoms with Crippen molar-refractivity contribution in [2.24, 2.45) is 0 Å². The Labute approximate surface area is 204 Å². The summed E-state index contributed by atoms with van der Waals surface area (Å²) in [6.07, 6.45) is 0.131. The van der Waals surface area contributed by atoms with Gasteiger partial charge in [0.15, 0.2) is 5.78 Å². The van der Waals surface area contributed by atoms with E-state index < -0.39 is 12.0 Å². The molecule has 3 aromatic carbocycles. The second kappa shape index (κ2) is 8.99. The number of rotatable bonds is 4. The molecule has 0 saturated carbocycles. The van der Waals surface area contributed by atoms with Crippen LogP contribution >= 0.6 is 15.9 Å². The third-order valence-corrected chi connectivity index (χ3v) is 6.64. The number of hydrogen-bond acceptors (Lipinski definition) is 3. The molecule has 0 radical (unpaired) electrons. The summed E-state index contributed by atoms with van der Waals surface area (Å²) in [6.45, 7) is 1.90. The molecule has 1 amide bonds. The Bertz CT molecular complexity index is 1380. The van der Waals surface area contributed by atoms with Crippen LogP contribution in [0.2, 0.25) is 0 Å². The Balaban J connectivity index is 1.62. The molecular formula is C27H21BrFN3O2. The third-order valence-electron chi connectivity index (χ3n) is 6.14. The number of halogens is 2. The molecule has 170 valence electrons. The first-order chi connectivity index (χ1) is 16.4. The maximum atomic E-state index is 13.7. The number of carbonyl (C=O) groups excluding carboxylic acids is 2. The Hall–Kier alpha value is -3.58. The highest BCUT2D eigenvalue weighted by atomic mass is 79.9. The molecule has 0 aliphatic heterocycles. The van der Waals surface area contributed by atoms with Crippen molar-refractivity contribution in [2.45, 2.75) is 25.3 Å². The maximum absolute atomic E-state index is 13.7. The summed E-state index contributed by atoms with van der Waals surface area (Å²) in [5, 5.41) is 7.70. The summed E-state index contributed by atoms with van der Waals surface area (Å²) in [4.78, 5) is 26.6. The van der Waals surface area contributed by atoms with Crippen molar-refractivity contribution in [3.05, 3.63) is 117 Å². The summed E-state index contributed by atoms with van der Waals surface area (Å²) in [6, 6.07) is 21.9. The average molecular weight is 518 g/mol. The van der Waals surface area contributed by atoms with Crippen molar-refractivity contribution in [1.29, 1.82) is 0 Å². The fourth-order valence-corrected chi connectivity index (χ4v) is 5.02. The van der Waals surface area contributed by atoms with Crippen molar-refractivity contribution in [2.75, 3.05) is 0 Å². The first-order valence-electron chi connectivity index (χ1n) is 10.9. The molecular weight excluding hydrogens is 497 g/mol. The minimum absolute atomic E-state index is 0.123. The van der Waals surface area contributed by atoms with Crippen LogP contribution in [-0.4, -0.2) is 27.5 Å². The average Bonchev–Trinajstić information content (AvgIpc) is 3.16. The van der Waals surface area contributed by atoms with Crippen molar-refractivity contribution < 1.29 is 14.0 Å². The zero-order chi connectivity index (χ0) is 23.8. The quantitative estimate of drug-likeness (QED) is 0.407. The summed E-state index contributed by atoms with van der Waals surface area (Å²) in [7, 11) is 0. The first kappa shape index (κ1) is 22.2. The summed E-state index contributed by atoms with van der Waals surface area (Å²) >= 11 is 3.39. The van der Waals surface area contributed by atoms with E-state index in [0.717, 1.165) is 32.7 Å². The second-order valence-corrected chi connectivity index (χ2v) is 9.24. The number of fused-ring (bicyclic) bond motifs is 1. The number of carbonyl (C=O) groups is 2. The number of amides is 1. The van der Waals surface area contributed by atoms with Gasteiger partial charge >= 0.3 is 0 Å². The molecule has 0 spiro atoms. The third kappa shape index (κ3) is 4.07. The molecule has 34 heavy (non-hydrogen) atoms. The molecule has 0 unspecified atom stereocenters. The lowest BCUT2D eigenvalue weighted by atomic mass is 9.76. The lowest BCUT2D eigenvalue weighted by Gasteiger charge is -2.32. The van der Waals surface area contributed by atoms with Crippen LogP contribution in [0.15, 0.2) is 83.3 Å². The van der Waals surface area contributed by atoms with Gasteiger partial charge in [0.05, 0.1) is 29.5 Å². The molecule has 5 rings (SSSR count). The van der Waals surface area contributed by atoms with Gasteiger partial charge in [-0.05, 0) is 55.0 Å². The molecule has 7 heteroatoms. The zero-order valence-electron chi connectivity index (χ0n) is 18.3. The van der Waals surface area contributed by atoms with Gasteiger partial charge in [0.25, 0.3) is 5.91 Å². The van der Waals surface area contributed by atoms with E-state index in [-0.39, 0.29) is 23.9 Å². The van der Waals surface area contributed by atoms with E-state index in [1.807, 2.05) is 43.3 Å². The van der Waals surface area contributed by atoms with E-state index >= 15 is 0 Å². The van der Waals surface area contributed by atoms with E-state index in [1.54, 1.807) is 35.0 Å². The smallest absolute Gasteiger partial charge is 0.251 e. The number of nitrogens with zero attached hydrogens (tertiary/aromatic N) is 2. The van der Waals surface area contributed by atoms with Gasteiger partial charge in [0.1, 0.15) is 5.82 Å². The zero-order valence-corrected chi connectivity index (χ0v) is 19.9. The standard InChI is InChI=1S/C27H21BrFN3O2/c1-16-24-22(32(31-16)21-8-3-2-4-9-21)15-23(33)26(25(24)17-10-12-20(29)13-11-17)30-27(34)18-6-5-7-19(28)14-18/h2-14,25-26H,15H2,1H3,(H,30,34)/t25-,26+/m0/s1. The molecule has 1 heterocycles. The van der Waals surface area contributed by atoms with Gasteiger partial charge in [0, 0.05) is 21.5 Å². The Morgan fingerprint density at radius 1 is 1.06 bits per heavy atom. The molecule has 2 atom stereocenters. The highest BCUT2D eigenvalue weighted by molar-refractivity contribution is 9.10. The molecule has 1 aromatic heterocycles. The molecule has 0 saturated heterocycles. The molecule has 1 aliphatic carbocycles. The van der Waals surface area contributed by atoms with Crippen LogP contribution in [0.3, 0.4) is 0 Å². The fraction of sp³-hybridized carbons (Fsp3) is 0.148. The monoisotopic (exact) mass is 517 g/mol. The van der Waals surface area contributed by atoms with Crippen LogP contribution in [0, 0.1) is 12.7 Å². The molecule has 1 N–H and O–H groups in total. The van der Waals surface area contributed by atoms with Crippen molar-refractivity contribution >= 4 is 27.6 Å². The fourth-order valence-electron chi connectivity index (χ4n) is 4.62. The maximum Gasteiger partial charge on any atom is 0.251 e. The molecule has 5 nitrogen and oxygen atoms in total. The number of Topliss-reactive ketones (excluding diaryl/α,β-unsaturated/α-hetero) is 1. The van der Waals surface area contributed by atoms with Crippen LogP contribution in [0.1, 0.15) is 38.8 Å². The number of nitrogens with one attached hydrogen (secondary N) is 1. The Morgan fingerprint density at radius 3 is 2.50 bits per heavy atom. The normalized spacial score (nSPS) is 17.3. The van der Waals surface area contributed by atoms with Crippen molar-refractivity contribution in [1.82, 2.24) is 15.1 Å². The van der Waals surface area contributed by atoms with Gasteiger partial charge in [-0.15, -0.1) is 0 Å². The van der Waals surface area contributed by atoms with E-state index in [4.69, 9.17) is 5.10 Å². The van der Waals surface area contributed by atoms with Crippen molar-refractivity contribution in [3.8, 4) is 5.69 Å². The summed E-state index contributed by atoms with van der Waals surface area (Å²) < 4.78 is 16.3. The van der Waals surface area contributed by atoms with Gasteiger partial charge in [-0.2, -0.15) is 5.10 Å². The number of para-hydroxylation sites is 1. The number of aromatic nitrogens is 2. The molecule has 0 bridgehead atoms. The molecule has 1 aliphatic rings. The highest BCUT2D eigenvalue weighted by Crippen LogP contribution is 2.39. The van der Waals surface area contributed by atoms with Gasteiger partial charge < -0.3 is 5.32 Å². The van der Waals surface area contributed by atoms with Crippen LogP contribution in [-0.2, 0) is 11.2 Å². The van der Waals surface area contributed by atoms with Crippen LogP contribution in [0.5, 0.6) is 0 Å². The van der Waals surface area contributed by atoms with E-state index in [2.05, 4.69) is 21.2 Å². The number of aryl methyl sites for hydroxylation is 1. The van der Waals surface area contributed by atoms with Gasteiger partial charge in [-0.25, -0.2) is 9.07 Å². The van der Waals surface area contributed by atoms with E-state index in [9.17, 15) is 14.0 Å². The minimum atomic E-state index is -0.809. The lowest BCUT2D eigenvalue weighted by Crippen LogP contribution is -2.48. The Morgan fingerprint density at radius 2 is 1.79 bits per heavy atom. The van der Waals surface area contributed by atoms with Crippen molar-refractivity contribution in [3.63, 3.8) is 0 Å². The van der Waals surface area contributed by atoms with Gasteiger partial charge in [0.2, 0.25) is 0 Å². The predicted molar refractivity (Wildman–Crippen MR) is 131 cm³/mol. The van der Waals surface area contributed by atoms with Crippen LogP contribution in [0.25, 0.3) is 5.69 Å². The SMILES string of the molecule is Cc1nn(-c2ccccc2)c2c1[C@H](c1ccc(F)cc1)[C@H](NC(=O)c1cccc(Br)c1)C(=O)C2. The Kier molecular flexibility index (Phi) is 5.87. The molecule has 0 fully saturated rings. The van der Waals surface area contributed by atoms with E-state index in [1.165, 1.54) is 12.1 Å². The highest BCUT2D eigenvalue weighted by Gasteiger charge is 2.41. The number of hydrogen-bond donors (Lipinski definition) is 1. The lowest BCUT2D eigenvalue weighted by molar-refractivity contribution is -0.121.